The van der Waals surface area contributed by atoms with Gasteiger partial charge in [0.25, 0.3) is 0 Å². The molecule has 1 aliphatic carbocycles. The number of benzene rings is 2. The van der Waals surface area contributed by atoms with E-state index in [-0.39, 0.29) is 17.5 Å². The summed E-state index contributed by atoms with van der Waals surface area (Å²) in [7, 11) is -3.89. The van der Waals surface area contributed by atoms with Gasteiger partial charge in [0, 0.05) is 11.7 Å². The van der Waals surface area contributed by atoms with E-state index in [9.17, 15) is 17.6 Å². The summed E-state index contributed by atoms with van der Waals surface area (Å²) < 4.78 is 42.5. The molecular formula is C24H31FN2O3S. The number of rotatable bonds is 6. The van der Waals surface area contributed by atoms with Crippen molar-refractivity contribution >= 4 is 21.6 Å². The highest BCUT2D eigenvalue weighted by Gasteiger charge is 2.35. The second-order valence-electron chi connectivity index (χ2n) is 8.58. The first-order chi connectivity index (χ1) is 14.6. The lowest BCUT2D eigenvalue weighted by molar-refractivity contribution is -0.116. The van der Waals surface area contributed by atoms with Crippen LogP contribution in [0.15, 0.2) is 35.2 Å². The van der Waals surface area contributed by atoms with Gasteiger partial charge in [-0.1, -0.05) is 43.0 Å². The Bertz CT molecular complexity index is 1050. The minimum absolute atomic E-state index is 0.224. The highest BCUT2D eigenvalue weighted by Crippen LogP contribution is 2.31. The third-order valence-electron chi connectivity index (χ3n) is 5.93. The first kappa shape index (κ1) is 23.4. The predicted octanol–water partition coefficient (Wildman–Crippen LogP) is 5.02. The van der Waals surface area contributed by atoms with Crippen molar-refractivity contribution in [1.82, 2.24) is 4.31 Å². The van der Waals surface area contributed by atoms with Crippen LogP contribution in [0.25, 0.3) is 0 Å². The Hall–Kier alpha value is -2.25. The Morgan fingerprint density at radius 2 is 1.61 bits per heavy atom. The number of hydrogen-bond acceptors (Lipinski definition) is 3. The largest absolute Gasteiger partial charge is 0.325 e. The molecule has 0 bridgehead atoms. The number of sulfonamides is 1. The van der Waals surface area contributed by atoms with Crippen LogP contribution in [-0.2, 0) is 14.8 Å². The summed E-state index contributed by atoms with van der Waals surface area (Å²) in [6, 6.07) is 7.65. The quantitative estimate of drug-likeness (QED) is 0.677. The molecule has 0 aliphatic heterocycles. The molecule has 1 saturated carbocycles. The average molecular weight is 447 g/mol. The van der Waals surface area contributed by atoms with Crippen LogP contribution in [0.4, 0.5) is 10.1 Å². The summed E-state index contributed by atoms with van der Waals surface area (Å²) in [5.74, 6) is -0.922. The van der Waals surface area contributed by atoms with Crippen molar-refractivity contribution in [2.24, 2.45) is 0 Å². The van der Waals surface area contributed by atoms with Crippen molar-refractivity contribution in [1.29, 1.82) is 0 Å². The van der Waals surface area contributed by atoms with E-state index in [0.29, 0.717) is 22.4 Å². The molecule has 0 unspecified atom stereocenters. The Labute approximate surface area is 184 Å². The van der Waals surface area contributed by atoms with Gasteiger partial charge in [-0.05, 0) is 69.4 Å². The van der Waals surface area contributed by atoms with Gasteiger partial charge < -0.3 is 5.32 Å². The second-order valence-corrected chi connectivity index (χ2v) is 10.4. The molecule has 3 rings (SSSR count). The molecule has 0 saturated heterocycles. The number of carbonyl (C=O) groups is 1. The molecule has 0 atom stereocenters. The molecule has 0 radical (unpaired) electrons. The second kappa shape index (κ2) is 9.49. The molecule has 0 aromatic heterocycles. The molecule has 0 spiro atoms. The third kappa shape index (κ3) is 5.33. The number of amides is 1. The van der Waals surface area contributed by atoms with Crippen LogP contribution in [0, 0.1) is 33.5 Å². The number of anilines is 1. The molecule has 168 valence electrons. The fourth-order valence-electron chi connectivity index (χ4n) is 4.53. The van der Waals surface area contributed by atoms with Crippen LogP contribution in [0.2, 0.25) is 0 Å². The number of nitrogens with one attached hydrogen (secondary N) is 1. The van der Waals surface area contributed by atoms with Crippen LogP contribution in [-0.4, -0.2) is 31.2 Å². The van der Waals surface area contributed by atoms with Gasteiger partial charge in [-0.2, -0.15) is 4.31 Å². The van der Waals surface area contributed by atoms with Crippen molar-refractivity contribution in [3.8, 4) is 0 Å². The van der Waals surface area contributed by atoms with E-state index in [1.807, 2.05) is 19.1 Å². The van der Waals surface area contributed by atoms with E-state index < -0.39 is 21.7 Å². The predicted molar refractivity (Wildman–Crippen MR) is 121 cm³/mol. The van der Waals surface area contributed by atoms with Crippen molar-refractivity contribution < 1.29 is 17.6 Å². The van der Waals surface area contributed by atoms with Crippen LogP contribution < -0.4 is 5.32 Å². The van der Waals surface area contributed by atoms with E-state index >= 15 is 0 Å². The minimum Gasteiger partial charge on any atom is -0.325 e. The van der Waals surface area contributed by atoms with E-state index in [2.05, 4.69) is 5.32 Å². The van der Waals surface area contributed by atoms with E-state index in [1.165, 1.54) is 16.4 Å². The molecule has 7 heteroatoms. The SMILES string of the molecule is Cc1cc(C)c(S(=O)(=O)N(CC(=O)Nc2cc(F)ccc2C)C2CCCCC2)c(C)c1. The summed E-state index contributed by atoms with van der Waals surface area (Å²) in [5, 5.41) is 2.70. The molecule has 1 N–H and O–H groups in total. The highest BCUT2D eigenvalue weighted by atomic mass is 32.2. The van der Waals surface area contributed by atoms with Crippen molar-refractivity contribution in [3.05, 3.63) is 58.4 Å². The maximum Gasteiger partial charge on any atom is 0.244 e. The smallest absolute Gasteiger partial charge is 0.244 e. The van der Waals surface area contributed by atoms with Crippen LogP contribution >= 0.6 is 0 Å². The first-order valence-corrected chi connectivity index (χ1v) is 12.2. The number of aryl methyl sites for hydroxylation is 4. The maximum atomic E-state index is 13.8. The third-order valence-corrected chi connectivity index (χ3v) is 8.13. The summed E-state index contributed by atoms with van der Waals surface area (Å²) in [6.07, 6.45) is 4.41. The van der Waals surface area contributed by atoms with Crippen LogP contribution in [0.5, 0.6) is 0 Å². The topological polar surface area (TPSA) is 66.5 Å². The Morgan fingerprint density at radius 1 is 1.00 bits per heavy atom. The first-order valence-electron chi connectivity index (χ1n) is 10.8. The standard InChI is InChI=1S/C24H31FN2O3S/c1-16-12-18(3)24(19(4)13-16)31(29,30)27(21-8-6-5-7-9-21)15-23(28)26-22-14-20(25)11-10-17(22)2/h10-14,21H,5-9,15H2,1-4H3,(H,26,28). The summed E-state index contributed by atoms with van der Waals surface area (Å²) in [6.45, 7) is 6.99. The van der Waals surface area contributed by atoms with Gasteiger partial charge in [0.15, 0.2) is 0 Å². The van der Waals surface area contributed by atoms with Crippen molar-refractivity contribution in [3.63, 3.8) is 0 Å². The van der Waals surface area contributed by atoms with Gasteiger partial charge in [0.2, 0.25) is 15.9 Å². The number of nitrogens with zero attached hydrogens (tertiary/aromatic N) is 1. The van der Waals surface area contributed by atoms with Crippen LogP contribution in [0.1, 0.15) is 54.4 Å². The maximum absolute atomic E-state index is 13.8. The summed E-state index contributed by atoms with van der Waals surface area (Å²) in [4.78, 5) is 13.2. The molecule has 2 aromatic rings. The number of carbonyl (C=O) groups excluding carboxylic acids is 1. The Balaban J connectivity index is 1.95. The molecule has 5 nitrogen and oxygen atoms in total. The Morgan fingerprint density at radius 3 is 2.23 bits per heavy atom. The van der Waals surface area contributed by atoms with Gasteiger partial charge in [-0.3, -0.25) is 4.79 Å². The van der Waals surface area contributed by atoms with Crippen molar-refractivity contribution in [2.75, 3.05) is 11.9 Å². The molecule has 0 heterocycles. The molecule has 2 aromatic carbocycles. The van der Waals surface area contributed by atoms with Crippen molar-refractivity contribution in [2.45, 2.75) is 70.7 Å². The summed E-state index contributed by atoms with van der Waals surface area (Å²) >= 11 is 0. The highest BCUT2D eigenvalue weighted by molar-refractivity contribution is 7.89. The zero-order valence-electron chi connectivity index (χ0n) is 18.7. The lowest BCUT2D eigenvalue weighted by Gasteiger charge is -2.33. The summed E-state index contributed by atoms with van der Waals surface area (Å²) in [5.41, 5.74) is 3.43. The molecule has 31 heavy (non-hydrogen) atoms. The monoisotopic (exact) mass is 446 g/mol. The minimum atomic E-state index is -3.89. The number of halogens is 1. The van der Waals surface area contributed by atoms with Gasteiger partial charge >= 0.3 is 0 Å². The number of hydrogen-bond donors (Lipinski definition) is 1. The Kier molecular flexibility index (Phi) is 7.17. The van der Waals surface area contributed by atoms with E-state index in [4.69, 9.17) is 0 Å². The zero-order chi connectivity index (χ0) is 22.8. The average Bonchev–Trinajstić information content (AvgIpc) is 2.68. The van der Waals surface area contributed by atoms with Gasteiger partial charge in [-0.15, -0.1) is 0 Å². The fourth-order valence-corrected chi connectivity index (χ4v) is 6.59. The fraction of sp³-hybridized carbons (Fsp3) is 0.458. The lowest BCUT2D eigenvalue weighted by Crippen LogP contribution is -2.46. The van der Waals surface area contributed by atoms with E-state index in [1.54, 1.807) is 26.8 Å². The normalized spacial score (nSPS) is 15.3. The van der Waals surface area contributed by atoms with Gasteiger partial charge in [-0.25, -0.2) is 12.8 Å². The zero-order valence-corrected chi connectivity index (χ0v) is 19.5. The molecular weight excluding hydrogens is 415 g/mol. The molecule has 1 fully saturated rings. The van der Waals surface area contributed by atoms with Gasteiger partial charge in [0.1, 0.15) is 5.82 Å². The van der Waals surface area contributed by atoms with E-state index in [0.717, 1.165) is 37.7 Å². The van der Waals surface area contributed by atoms with Gasteiger partial charge in [0.05, 0.1) is 11.4 Å². The molecule has 1 amide bonds. The van der Waals surface area contributed by atoms with Crippen LogP contribution in [0.3, 0.4) is 0 Å². The lowest BCUT2D eigenvalue weighted by atomic mass is 9.95. The molecule has 1 aliphatic rings.